The standard InChI is InChI=1S/C20H20N2O/c1-20(2,22-19(23)21-18-10-4-3-5-11-18)17-13-12-15-8-6-7-9-16(15)14-17/h3-14H,1-2H3,(H2,21,22,23). The van der Waals surface area contributed by atoms with Gasteiger partial charge in [0.15, 0.2) is 0 Å². The Bertz CT molecular complexity index is 825. The van der Waals surface area contributed by atoms with Gasteiger partial charge in [-0.25, -0.2) is 4.79 Å². The van der Waals surface area contributed by atoms with E-state index in [1.807, 2.05) is 56.3 Å². The average Bonchev–Trinajstić information content (AvgIpc) is 2.54. The minimum atomic E-state index is -0.469. The van der Waals surface area contributed by atoms with Gasteiger partial charge in [-0.2, -0.15) is 0 Å². The average molecular weight is 304 g/mol. The highest BCUT2D eigenvalue weighted by molar-refractivity contribution is 5.90. The Kier molecular flexibility index (Phi) is 4.02. The molecule has 0 bridgehead atoms. The summed E-state index contributed by atoms with van der Waals surface area (Å²) in [6, 6.07) is 23.7. The summed E-state index contributed by atoms with van der Waals surface area (Å²) in [7, 11) is 0. The third-order valence-corrected chi connectivity index (χ3v) is 3.93. The predicted molar refractivity (Wildman–Crippen MR) is 95.6 cm³/mol. The van der Waals surface area contributed by atoms with E-state index in [2.05, 4.69) is 41.0 Å². The molecule has 0 fully saturated rings. The van der Waals surface area contributed by atoms with E-state index in [0.29, 0.717) is 0 Å². The minimum Gasteiger partial charge on any atom is -0.329 e. The summed E-state index contributed by atoms with van der Waals surface area (Å²) in [6.45, 7) is 4.00. The van der Waals surface area contributed by atoms with Gasteiger partial charge in [-0.1, -0.05) is 54.6 Å². The molecule has 0 spiro atoms. The highest BCUT2D eigenvalue weighted by Crippen LogP contribution is 2.24. The second-order valence-electron chi connectivity index (χ2n) is 6.13. The summed E-state index contributed by atoms with van der Waals surface area (Å²) < 4.78 is 0. The van der Waals surface area contributed by atoms with Gasteiger partial charge in [0, 0.05) is 5.69 Å². The Balaban J connectivity index is 1.78. The van der Waals surface area contributed by atoms with Crippen LogP contribution in [0.25, 0.3) is 10.8 Å². The van der Waals surface area contributed by atoms with Crippen LogP contribution in [0.1, 0.15) is 19.4 Å². The van der Waals surface area contributed by atoms with Crippen molar-refractivity contribution in [1.82, 2.24) is 5.32 Å². The Hall–Kier alpha value is -2.81. The van der Waals surface area contributed by atoms with E-state index >= 15 is 0 Å². The summed E-state index contributed by atoms with van der Waals surface area (Å²) in [5, 5.41) is 8.26. The first kappa shape index (κ1) is 15.1. The Morgan fingerprint density at radius 1 is 0.826 bits per heavy atom. The maximum Gasteiger partial charge on any atom is 0.319 e. The number of hydrogen-bond donors (Lipinski definition) is 2. The van der Waals surface area contributed by atoms with Crippen LogP contribution in [-0.4, -0.2) is 6.03 Å². The van der Waals surface area contributed by atoms with Crippen LogP contribution in [0.4, 0.5) is 10.5 Å². The van der Waals surface area contributed by atoms with Crippen LogP contribution in [0.2, 0.25) is 0 Å². The molecule has 3 heteroatoms. The Morgan fingerprint density at radius 3 is 2.22 bits per heavy atom. The molecule has 3 rings (SSSR count). The molecule has 3 nitrogen and oxygen atoms in total. The van der Waals surface area contributed by atoms with Gasteiger partial charge in [-0.05, 0) is 48.4 Å². The predicted octanol–water partition coefficient (Wildman–Crippen LogP) is 4.90. The molecule has 0 aliphatic heterocycles. The first-order chi connectivity index (χ1) is 11.0. The van der Waals surface area contributed by atoms with E-state index < -0.39 is 5.54 Å². The maximum absolute atomic E-state index is 12.2. The van der Waals surface area contributed by atoms with Crippen molar-refractivity contribution in [1.29, 1.82) is 0 Å². The monoisotopic (exact) mass is 304 g/mol. The fourth-order valence-corrected chi connectivity index (χ4v) is 2.62. The van der Waals surface area contributed by atoms with Gasteiger partial charge in [-0.15, -0.1) is 0 Å². The number of nitrogens with one attached hydrogen (secondary N) is 2. The lowest BCUT2D eigenvalue weighted by Crippen LogP contribution is -2.43. The van der Waals surface area contributed by atoms with Crippen molar-refractivity contribution in [2.45, 2.75) is 19.4 Å². The van der Waals surface area contributed by atoms with E-state index in [4.69, 9.17) is 0 Å². The third-order valence-electron chi connectivity index (χ3n) is 3.93. The molecule has 0 saturated heterocycles. The zero-order chi connectivity index (χ0) is 16.3. The molecule has 3 aromatic rings. The molecular weight excluding hydrogens is 284 g/mol. The molecule has 116 valence electrons. The van der Waals surface area contributed by atoms with Gasteiger partial charge in [0.1, 0.15) is 0 Å². The fourth-order valence-electron chi connectivity index (χ4n) is 2.62. The van der Waals surface area contributed by atoms with Crippen molar-refractivity contribution in [3.63, 3.8) is 0 Å². The lowest BCUT2D eigenvalue weighted by molar-refractivity contribution is 0.242. The molecule has 0 atom stereocenters. The zero-order valence-corrected chi connectivity index (χ0v) is 13.3. The lowest BCUT2D eigenvalue weighted by atomic mass is 9.92. The molecule has 0 saturated carbocycles. The van der Waals surface area contributed by atoms with E-state index in [1.165, 1.54) is 10.8 Å². The molecule has 0 aliphatic rings. The fraction of sp³-hybridized carbons (Fsp3) is 0.150. The number of urea groups is 1. The van der Waals surface area contributed by atoms with Gasteiger partial charge in [0.05, 0.1) is 5.54 Å². The van der Waals surface area contributed by atoms with Crippen molar-refractivity contribution in [2.75, 3.05) is 5.32 Å². The number of benzene rings is 3. The topological polar surface area (TPSA) is 41.1 Å². The highest BCUT2D eigenvalue weighted by Gasteiger charge is 2.23. The quantitative estimate of drug-likeness (QED) is 0.710. The Morgan fingerprint density at radius 2 is 1.48 bits per heavy atom. The molecule has 3 aromatic carbocycles. The zero-order valence-electron chi connectivity index (χ0n) is 13.3. The van der Waals surface area contributed by atoms with E-state index in [1.54, 1.807) is 0 Å². The minimum absolute atomic E-state index is 0.214. The van der Waals surface area contributed by atoms with E-state index in [-0.39, 0.29) is 6.03 Å². The lowest BCUT2D eigenvalue weighted by Gasteiger charge is -2.27. The number of amides is 2. The van der Waals surface area contributed by atoms with Crippen molar-refractivity contribution in [2.24, 2.45) is 0 Å². The molecule has 0 aromatic heterocycles. The van der Waals surface area contributed by atoms with Crippen molar-refractivity contribution < 1.29 is 4.79 Å². The summed E-state index contributed by atoms with van der Waals surface area (Å²) in [4.78, 5) is 12.2. The number of rotatable bonds is 3. The summed E-state index contributed by atoms with van der Waals surface area (Å²) >= 11 is 0. The summed E-state index contributed by atoms with van der Waals surface area (Å²) in [5.41, 5.74) is 1.38. The number of fused-ring (bicyclic) bond motifs is 1. The number of para-hydroxylation sites is 1. The van der Waals surface area contributed by atoms with Crippen LogP contribution in [0.3, 0.4) is 0 Å². The molecule has 2 N–H and O–H groups in total. The van der Waals surface area contributed by atoms with Gasteiger partial charge < -0.3 is 10.6 Å². The SMILES string of the molecule is CC(C)(NC(=O)Nc1ccccc1)c1ccc2ccccc2c1. The Labute approximate surface area is 136 Å². The second kappa shape index (κ2) is 6.13. The summed E-state index contributed by atoms with van der Waals surface area (Å²) in [5.74, 6) is 0. The number of hydrogen-bond acceptors (Lipinski definition) is 1. The number of anilines is 1. The molecule has 0 unspecified atom stereocenters. The van der Waals surface area contributed by atoms with Crippen LogP contribution in [0, 0.1) is 0 Å². The van der Waals surface area contributed by atoms with Crippen molar-refractivity contribution in [3.8, 4) is 0 Å². The smallest absolute Gasteiger partial charge is 0.319 e. The van der Waals surface area contributed by atoms with Crippen molar-refractivity contribution in [3.05, 3.63) is 78.4 Å². The molecule has 0 heterocycles. The normalized spacial score (nSPS) is 11.2. The first-order valence-corrected chi connectivity index (χ1v) is 7.68. The largest absolute Gasteiger partial charge is 0.329 e. The first-order valence-electron chi connectivity index (χ1n) is 7.68. The van der Waals surface area contributed by atoms with Gasteiger partial charge in [0.25, 0.3) is 0 Å². The van der Waals surface area contributed by atoms with Crippen LogP contribution in [0.15, 0.2) is 72.8 Å². The number of carbonyl (C=O) groups is 1. The van der Waals surface area contributed by atoms with Crippen molar-refractivity contribution >= 4 is 22.5 Å². The second-order valence-corrected chi connectivity index (χ2v) is 6.13. The van der Waals surface area contributed by atoms with E-state index in [9.17, 15) is 4.79 Å². The molecule has 23 heavy (non-hydrogen) atoms. The van der Waals surface area contributed by atoms with Crippen LogP contribution >= 0.6 is 0 Å². The van der Waals surface area contributed by atoms with Gasteiger partial charge >= 0.3 is 6.03 Å². The molecule has 0 radical (unpaired) electrons. The summed E-state index contributed by atoms with van der Waals surface area (Å²) in [6.07, 6.45) is 0. The molecular formula is C20H20N2O. The molecule has 2 amide bonds. The maximum atomic E-state index is 12.2. The van der Waals surface area contributed by atoms with Crippen LogP contribution < -0.4 is 10.6 Å². The van der Waals surface area contributed by atoms with Crippen LogP contribution in [0.5, 0.6) is 0 Å². The van der Waals surface area contributed by atoms with Crippen LogP contribution in [-0.2, 0) is 5.54 Å². The highest BCUT2D eigenvalue weighted by atomic mass is 16.2. The van der Waals surface area contributed by atoms with Gasteiger partial charge in [-0.3, -0.25) is 0 Å². The van der Waals surface area contributed by atoms with E-state index in [0.717, 1.165) is 11.3 Å². The van der Waals surface area contributed by atoms with Gasteiger partial charge in [0.2, 0.25) is 0 Å². The molecule has 0 aliphatic carbocycles. The third kappa shape index (κ3) is 3.51. The number of carbonyl (C=O) groups excluding carboxylic acids is 1.